The molecule has 0 aliphatic carbocycles. The van der Waals surface area contributed by atoms with Gasteiger partial charge < -0.3 is 5.32 Å². The maximum Gasteiger partial charge on any atom is 0.0371 e. The minimum atomic E-state index is 0.577. The molecule has 100 valence electrons. The van der Waals surface area contributed by atoms with Crippen molar-refractivity contribution in [3.63, 3.8) is 0 Å². The predicted octanol–water partition coefficient (Wildman–Crippen LogP) is 2.93. The van der Waals surface area contributed by atoms with Crippen LogP contribution in [0.5, 0.6) is 0 Å². The molecule has 1 fully saturated rings. The summed E-state index contributed by atoms with van der Waals surface area (Å²) in [6.45, 7) is 8.30. The average molecular weight is 246 g/mol. The SMILES string of the molecule is CNCC1CCN(C(c2ccccc2)C(C)C)C1. The van der Waals surface area contributed by atoms with Crippen LogP contribution in [0.2, 0.25) is 0 Å². The first-order valence-electron chi connectivity index (χ1n) is 7.16. The molecule has 2 nitrogen and oxygen atoms in total. The molecule has 1 saturated heterocycles. The molecule has 0 amide bonds. The molecular formula is C16H26N2. The second kappa shape index (κ2) is 6.35. The first-order valence-corrected chi connectivity index (χ1v) is 7.16. The van der Waals surface area contributed by atoms with Gasteiger partial charge in [0, 0.05) is 12.6 Å². The quantitative estimate of drug-likeness (QED) is 0.859. The third-order valence-electron chi connectivity index (χ3n) is 3.98. The van der Waals surface area contributed by atoms with Crippen LogP contribution in [0.15, 0.2) is 30.3 Å². The Kier molecular flexibility index (Phi) is 4.79. The van der Waals surface area contributed by atoms with Crippen molar-refractivity contribution in [2.24, 2.45) is 11.8 Å². The molecule has 2 unspecified atom stereocenters. The van der Waals surface area contributed by atoms with Crippen LogP contribution in [0.1, 0.15) is 31.9 Å². The molecule has 2 atom stereocenters. The highest BCUT2D eigenvalue weighted by molar-refractivity contribution is 5.20. The molecule has 2 rings (SSSR count). The van der Waals surface area contributed by atoms with Crippen molar-refractivity contribution in [1.29, 1.82) is 0 Å². The summed E-state index contributed by atoms with van der Waals surface area (Å²) in [7, 11) is 2.06. The number of hydrogen-bond donors (Lipinski definition) is 1. The molecule has 1 aliphatic rings. The van der Waals surface area contributed by atoms with E-state index in [2.05, 4.69) is 61.4 Å². The summed E-state index contributed by atoms with van der Waals surface area (Å²) in [5.74, 6) is 1.49. The number of likely N-dealkylation sites (tertiary alicyclic amines) is 1. The lowest BCUT2D eigenvalue weighted by Gasteiger charge is -2.31. The Morgan fingerprint density at radius 2 is 2.00 bits per heavy atom. The monoisotopic (exact) mass is 246 g/mol. The fourth-order valence-corrected chi connectivity index (χ4v) is 3.24. The van der Waals surface area contributed by atoms with Gasteiger partial charge in [-0.3, -0.25) is 4.90 Å². The van der Waals surface area contributed by atoms with Crippen LogP contribution in [-0.4, -0.2) is 31.6 Å². The van der Waals surface area contributed by atoms with Gasteiger partial charge in [0.15, 0.2) is 0 Å². The number of rotatable bonds is 5. The van der Waals surface area contributed by atoms with Crippen LogP contribution >= 0.6 is 0 Å². The third-order valence-corrected chi connectivity index (χ3v) is 3.98. The van der Waals surface area contributed by atoms with Crippen molar-refractivity contribution in [3.8, 4) is 0 Å². The van der Waals surface area contributed by atoms with E-state index in [1.807, 2.05) is 0 Å². The first kappa shape index (κ1) is 13.6. The van der Waals surface area contributed by atoms with Gasteiger partial charge in [0.05, 0.1) is 0 Å². The molecule has 0 radical (unpaired) electrons. The maximum absolute atomic E-state index is 3.31. The van der Waals surface area contributed by atoms with E-state index in [0.29, 0.717) is 12.0 Å². The van der Waals surface area contributed by atoms with Gasteiger partial charge in [-0.15, -0.1) is 0 Å². The summed E-state index contributed by atoms with van der Waals surface area (Å²) in [5, 5.41) is 3.31. The van der Waals surface area contributed by atoms with Crippen LogP contribution in [0.25, 0.3) is 0 Å². The summed E-state index contributed by atoms with van der Waals surface area (Å²) in [6.07, 6.45) is 1.33. The van der Waals surface area contributed by atoms with Gasteiger partial charge in [0.25, 0.3) is 0 Å². The van der Waals surface area contributed by atoms with Crippen molar-refractivity contribution in [2.45, 2.75) is 26.3 Å². The zero-order chi connectivity index (χ0) is 13.0. The molecule has 0 aromatic heterocycles. The van der Waals surface area contributed by atoms with E-state index in [4.69, 9.17) is 0 Å². The third kappa shape index (κ3) is 3.12. The predicted molar refractivity (Wildman–Crippen MR) is 77.6 cm³/mol. The van der Waals surface area contributed by atoms with Crippen molar-refractivity contribution in [3.05, 3.63) is 35.9 Å². The van der Waals surface area contributed by atoms with Crippen LogP contribution in [0.4, 0.5) is 0 Å². The second-order valence-electron chi connectivity index (χ2n) is 5.81. The van der Waals surface area contributed by atoms with E-state index >= 15 is 0 Å². The minimum Gasteiger partial charge on any atom is -0.319 e. The Bertz CT molecular complexity index is 347. The number of benzene rings is 1. The Morgan fingerprint density at radius 1 is 1.28 bits per heavy atom. The largest absolute Gasteiger partial charge is 0.319 e. The standard InChI is InChI=1S/C16H26N2/c1-13(2)16(15-7-5-4-6-8-15)18-10-9-14(12-18)11-17-3/h4-8,13-14,16-17H,9-12H2,1-3H3. The Morgan fingerprint density at radius 3 is 2.61 bits per heavy atom. The number of nitrogens with one attached hydrogen (secondary N) is 1. The highest BCUT2D eigenvalue weighted by Crippen LogP contribution is 2.32. The van der Waals surface area contributed by atoms with Crippen LogP contribution in [0, 0.1) is 11.8 Å². The molecule has 0 bridgehead atoms. The lowest BCUT2D eigenvalue weighted by Crippen LogP contribution is -2.31. The van der Waals surface area contributed by atoms with E-state index in [0.717, 1.165) is 12.5 Å². The Labute approximate surface area is 111 Å². The average Bonchev–Trinajstić information content (AvgIpc) is 2.79. The van der Waals surface area contributed by atoms with Crippen LogP contribution in [-0.2, 0) is 0 Å². The topological polar surface area (TPSA) is 15.3 Å². The van der Waals surface area contributed by atoms with Crippen molar-refractivity contribution in [1.82, 2.24) is 10.2 Å². The van der Waals surface area contributed by atoms with Gasteiger partial charge in [0.1, 0.15) is 0 Å². The highest BCUT2D eigenvalue weighted by Gasteiger charge is 2.30. The smallest absolute Gasteiger partial charge is 0.0371 e. The molecule has 0 saturated carbocycles. The number of hydrogen-bond acceptors (Lipinski definition) is 2. The minimum absolute atomic E-state index is 0.577. The number of nitrogens with zero attached hydrogens (tertiary/aromatic N) is 1. The highest BCUT2D eigenvalue weighted by atomic mass is 15.2. The van der Waals surface area contributed by atoms with Crippen LogP contribution in [0.3, 0.4) is 0 Å². The molecule has 1 aromatic carbocycles. The molecule has 1 N–H and O–H groups in total. The second-order valence-corrected chi connectivity index (χ2v) is 5.81. The van der Waals surface area contributed by atoms with Crippen molar-refractivity contribution >= 4 is 0 Å². The zero-order valence-corrected chi connectivity index (χ0v) is 11.9. The summed E-state index contributed by atoms with van der Waals surface area (Å²) in [6, 6.07) is 11.5. The van der Waals surface area contributed by atoms with E-state index in [9.17, 15) is 0 Å². The summed E-state index contributed by atoms with van der Waals surface area (Å²) >= 11 is 0. The van der Waals surface area contributed by atoms with Gasteiger partial charge in [-0.05, 0) is 44.0 Å². The van der Waals surface area contributed by atoms with Gasteiger partial charge in [-0.2, -0.15) is 0 Å². The van der Waals surface area contributed by atoms with Gasteiger partial charge in [-0.25, -0.2) is 0 Å². The Hall–Kier alpha value is -0.860. The first-order chi connectivity index (χ1) is 8.72. The van der Waals surface area contributed by atoms with E-state index in [1.165, 1.54) is 25.1 Å². The molecular weight excluding hydrogens is 220 g/mol. The molecule has 1 aromatic rings. The molecule has 0 spiro atoms. The van der Waals surface area contributed by atoms with Gasteiger partial charge in [-0.1, -0.05) is 44.2 Å². The van der Waals surface area contributed by atoms with E-state index in [1.54, 1.807) is 0 Å². The van der Waals surface area contributed by atoms with Crippen LogP contribution < -0.4 is 5.32 Å². The lowest BCUT2D eigenvalue weighted by molar-refractivity contribution is 0.186. The van der Waals surface area contributed by atoms with E-state index < -0.39 is 0 Å². The van der Waals surface area contributed by atoms with Crippen molar-refractivity contribution < 1.29 is 0 Å². The summed E-state index contributed by atoms with van der Waals surface area (Å²) in [4.78, 5) is 2.67. The maximum atomic E-state index is 3.31. The molecule has 2 heteroatoms. The summed E-state index contributed by atoms with van der Waals surface area (Å²) < 4.78 is 0. The molecule has 1 aliphatic heterocycles. The van der Waals surface area contributed by atoms with E-state index in [-0.39, 0.29) is 0 Å². The fourth-order valence-electron chi connectivity index (χ4n) is 3.24. The van der Waals surface area contributed by atoms with Crippen molar-refractivity contribution in [2.75, 3.05) is 26.7 Å². The van der Waals surface area contributed by atoms with Gasteiger partial charge >= 0.3 is 0 Å². The molecule has 18 heavy (non-hydrogen) atoms. The van der Waals surface area contributed by atoms with Gasteiger partial charge in [0.2, 0.25) is 0 Å². The fraction of sp³-hybridized carbons (Fsp3) is 0.625. The normalized spacial score (nSPS) is 22.6. The zero-order valence-electron chi connectivity index (χ0n) is 11.9. The molecule has 1 heterocycles. The Balaban J connectivity index is 2.08. The lowest BCUT2D eigenvalue weighted by atomic mass is 9.94. The summed E-state index contributed by atoms with van der Waals surface area (Å²) in [5.41, 5.74) is 1.47.